The molecule has 1 aromatic heterocycles. The highest BCUT2D eigenvalue weighted by Crippen LogP contribution is 2.32. The molecular weight excluding hydrogens is 380 g/mol. The molecular formula is C21H21ClN2O4. The molecule has 0 atom stereocenters. The number of carbonyl (C=O) groups excluding carboxylic acids is 1. The van der Waals surface area contributed by atoms with E-state index in [2.05, 4.69) is 10.3 Å². The van der Waals surface area contributed by atoms with Crippen molar-refractivity contribution in [3.05, 3.63) is 64.8 Å². The molecule has 0 radical (unpaired) electrons. The first-order valence-electron chi connectivity index (χ1n) is 8.58. The van der Waals surface area contributed by atoms with Crippen molar-refractivity contribution in [2.24, 2.45) is 0 Å². The Morgan fingerprint density at radius 1 is 1.18 bits per heavy atom. The van der Waals surface area contributed by atoms with E-state index in [0.29, 0.717) is 16.9 Å². The molecule has 0 aliphatic rings. The molecule has 1 heterocycles. The molecule has 0 amide bonds. The van der Waals surface area contributed by atoms with Crippen LogP contribution < -0.4 is 5.32 Å². The van der Waals surface area contributed by atoms with Crippen molar-refractivity contribution in [2.75, 3.05) is 11.9 Å². The van der Waals surface area contributed by atoms with E-state index in [1.807, 2.05) is 26.0 Å². The molecule has 146 valence electrons. The number of aryl methyl sites for hydroxylation is 2. The molecule has 6 nitrogen and oxygen atoms in total. The molecule has 7 heteroatoms. The van der Waals surface area contributed by atoms with Gasteiger partial charge in [0.05, 0.1) is 23.4 Å². The minimum atomic E-state index is -1.02. The monoisotopic (exact) mass is 400 g/mol. The first kappa shape index (κ1) is 21.2. The fourth-order valence-electron chi connectivity index (χ4n) is 3.03. The molecule has 0 fully saturated rings. The number of carboxylic acid groups (broad SMARTS) is 1. The van der Waals surface area contributed by atoms with Crippen molar-refractivity contribution in [2.45, 2.75) is 20.8 Å². The van der Waals surface area contributed by atoms with Gasteiger partial charge in [-0.05, 0) is 50.6 Å². The second-order valence-corrected chi connectivity index (χ2v) is 6.26. The highest BCUT2D eigenvalue weighted by atomic mass is 35.5. The van der Waals surface area contributed by atoms with E-state index in [4.69, 9.17) is 4.74 Å². The second-order valence-electron chi connectivity index (χ2n) is 6.26. The predicted octanol–water partition coefficient (Wildman–Crippen LogP) is 4.89. The van der Waals surface area contributed by atoms with Crippen LogP contribution in [0.4, 0.5) is 11.4 Å². The van der Waals surface area contributed by atoms with Crippen molar-refractivity contribution in [3.8, 4) is 0 Å². The van der Waals surface area contributed by atoms with E-state index in [0.717, 1.165) is 22.0 Å². The SMILES string of the molecule is CCOC(=O)c1cnc2c(C)cc(C)cc2c1Nc1cccc(C(=O)O)c1.Cl. The normalized spacial score (nSPS) is 10.2. The van der Waals surface area contributed by atoms with Crippen LogP contribution in [0.25, 0.3) is 10.9 Å². The van der Waals surface area contributed by atoms with Crippen LogP contribution in [0.15, 0.2) is 42.6 Å². The van der Waals surface area contributed by atoms with E-state index in [-0.39, 0.29) is 24.6 Å². The van der Waals surface area contributed by atoms with Gasteiger partial charge in [-0.1, -0.05) is 17.7 Å². The summed E-state index contributed by atoms with van der Waals surface area (Å²) in [5, 5.41) is 13.2. The third kappa shape index (κ3) is 4.23. The molecule has 0 spiro atoms. The minimum Gasteiger partial charge on any atom is -0.478 e. The molecule has 28 heavy (non-hydrogen) atoms. The van der Waals surface area contributed by atoms with E-state index in [9.17, 15) is 14.7 Å². The molecule has 0 aliphatic carbocycles. The Hall–Kier alpha value is -3.12. The average Bonchev–Trinajstić information content (AvgIpc) is 2.62. The molecule has 0 aliphatic heterocycles. The zero-order valence-corrected chi connectivity index (χ0v) is 16.6. The zero-order chi connectivity index (χ0) is 19.6. The summed E-state index contributed by atoms with van der Waals surface area (Å²) in [6.45, 7) is 5.92. The van der Waals surface area contributed by atoms with E-state index in [1.165, 1.54) is 18.3 Å². The number of hydrogen-bond donors (Lipinski definition) is 2. The number of fused-ring (bicyclic) bond motifs is 1. The number of aromatic nitrogens is 1. The van der Waals surface area contributed by atoms with Crippen LogP contribution in [0, 0.1) is 13.8 Å². The van der Waals surface area contributed by atoms with Gasteiger partial charge in [0.1, 0.15) is 5.56 Å². The number of benzene rings is 2. The number of nitrogens with zero attached hydrogens (tertiary/aromatic N) is 1. The van der Waals surface area contributed by atoms with Crippen molar-refractivity contribution >= 4 is 46.6 Å². The Morgan fingerprint density at radius 3 is 2.61 bits per heavy atom. The van der Waals surface area contributed by atoms with Gasteiger partial charge in [-0.3, -0.25) is 4.98 Å². The summed E-state index contributed by atoms with van der Waals surface area (Å²) in [5.74, 6) is -1.50. The maximum Gasteiger partial charge on any atom is 0.341 e. The molecule has 2 aromatic carbocycles. The quantitative estimate of drug-likeness (QED) is 0.592. The van der Waals surface area contributed by atoms with Crippen LogP contribution >= 0.6 is 12.4 Å². The number of carboxylic acids is 1. The van der Waals surface area contributed by atoms with Crippen LogP contribution in [-0.4, -0.2) is 28.6 Å². The van der Waals surface area contributed by atoms with Crippen LogP contribution in [0.3, 0.4) is 0 Å². The molecule has 0 saturated carbocycles. The number of ether oxygens (including phenoxy) is 1. The smallest absolute Gasteiger partial charge is 0.341 e. The highest BCUT2D eigenvalue weighted by Gasteiger charge is 2.18. The largest absolute Gasteiger partial charge is 0.478 e. The maximum absolute atomic E-state index is 12.4. The van der Waals surface area contributed by atoms with Crippen LogP contribution in [0.2, 0.25) is 0 Å². The van der Waals surface area contributed by atoms with Gasteiger partial charge >= 0.3 is 11.9 Å². The lowest BCUT2D eigenvalue weighted by Gasteiger charge is -2.16. The van der Waals surface area contributed by atoms with Gasteiger partial charge in [0.2, 0.25) is 0 Å². The molecule has 0 bridgehead atoms. The van der Waals surface area contributed by atoms with E-state index < -0.39 is 11.9 Å². The summed E-state index contributed by atoms with van der Waals surface area (Å²) in [7, 11) is 0. The lowest BCUT2D eigenvalue weighted by Crippen LogP contribution is -2.10. The number of carbonyl (C=O) groups is 2. The number of pyridine rings is 1. The summed E-state index contributed by atoms with van der Waals surface area (Å²) in [6, 6.07) is 10.4. The van der Waals surface area contributed by atoms with Crippen LogP contribution in [0.1, 0.15) is 38.8 Å². The lowest BCUT2D eigenvalue weighted by atomic mass is 10.0. The third-order valence-electron chi connectivity index (χ3n) is 4.18. The second kappa shape index (κ2) is 8.71. The summed E-state index contributed by atoms with van der Waals surface area (Å²) in [6.07, 6.45) is 1.49. The van der Waals surface area contributed by atoms with Gasteiger partial charge in [0, 0.05) is 17.3 Å². The molecule has 3 rings (SSSR count). The average molecular weight is 401 g/mol. The predicted molar refractivity (Wildman–Crippen MR) is 111 cm³/mol. The number of hydrogen-bond acceptors (Lipinski definition) is 5. The van der Waals surface area contributed by atoms with Gasteiger partial charge in [-0.15, -0.1) is 12.4 Å². The molecule has 0 unspecified atom stereocenters. The standard InChI is InChI=1S/C21H20N2O4.ClH/c1-4-27-21(26)17-11-22-18-13(3)8-12(2)9-16(18)19(17)23-15-7-5-6-14(10-15)20(24)25;/h5-11H,4H2,1-3H3,(H,22,23)(H,24,25);1H. The minimum absolute atomic E-state index is 0. The summed E-state index contributed by atoms with van der Waals surface area (Å²) >= 11 is 0. The fourth-order valence-corrected chi connectivity index (χ4v) is 3.03. The first-order chi connectivity index (χ1) is 12.9. The van der Waals surface area contributed by atoms with E-state index >= 15 is 0 Å². The van der Waals surface area contributed by atoms with Crippen LogP contribution in [0.5, 0.6) is 0 Å². The Labute approximate surface area is 169 Å². The first-order valence-corrected chi connectivity index (χ1v) is 8.58. The van der Waals surface area contributed by atoms with Crippen molar-refractivity contribution in [1.29, 1.82) is 0 Å². The Balaban J connectivity index is 0.00000280. The Kier molecular flexibility index (Phi) is 6.59. The summed E-state index contributed by atoms with van der Waals surface area (Å²) in [5.41, 5.74) is 4.36. The van der Waals surface area contributed by atoms with Crippen molar-refractivity contribution < 1.29 is 19.4 Å². The topological polar surface area (TPSA) is 88.5 Å². The number of rotatable bonds is 5. The highest BCUT2D eigenvalue weighted by molar-refractivity contribution is 6.07. The zero-order valence-electron chi connectivity index (χ0n) is 15.8. The van der Waals surface area contributed by atoms with Crippen molar-refractivity contribution in [3.63, 3.8) is 0 Å². The number of nitrogens with one attached hydrogen (secondary N) is 1. The molecule has 3 aromatic rings. The number of halogens is 1. The number of aromatic carboxylic acids is 1. The van der Waals surface area contributed by atoms with Crippen LogP contribution in [-0.2, 0) is 4.74 Å². The maximum atomic E-state index is 12.4. The van der Waals surface area contributed by atoms with Gasteiger partial charge in [-0.25, -0.2) is 9.59 Å². The lowest BCUT2D eigenvalue weighted by molar-refractivity contribution is 0.0526. The Bertz CT molecular complexity index is 1050. The molecule has 0 saturated heterocycles. The van der Waals surface area contributed by atoms with Gasteiger partial charge in [-0.2, -0.15) is 0 Å². The number of anilines is 2. The fraction of sp³-hybridized carbons (Fsp3) is 0.190. The van der Waals surface area contributed by atoms with Gasteiger partial charge < -0.3 is 15.2 Å². The van der Waals surface area contributed by atoms with Gasteiger partial charge in [0.25, 0.3) is 0 Å². The summed E-state index contributed by atoms with van der Waals surface area (Å²) < 4.78 is 5.16. The van der Waals surface area contributed by atoms with Crippen molar-refractivity contribution in [1.82, 2.24) is 4.98 Å². The number of esters is 1. The third-order valence-corrected chi connectivity index (χ3v) is 4.18. The van der Waals surface area contributed by atoms with E-state index in [1.54, 1.807) is 19.1 Å². The van der Waals surface area contributed by atoms with Gasteiger partial charge in [0.15, 0.2) is 0 Å². The summed E-state index contributed by atoms with van der Waals surface area (Å²) in [4.78, 5) is 28.1. The Morgan fingerprint density at radius 2 is 1.93 bits per heavy atom. The molecule has 2 N–H and O–H groups in total.